The highest BCUT2D eigenvalue weighted by atomic mass is 16.2. The van der Waals surface area contributed by atoms with Gasteiger partial charge in [0.1, 0.15) is 5.65 Å². The van der Waals surface area contributed by atoms with Crippen LogP contribution in [0.1, 0.15) is 24.1 Å². The minimum absolute atomic E-state index is 0.0264. The Hall–Kier alpha value is -2.90. The third kappa shape index (κ3) is 3.68. The first-order valence-electron chi connectivity index (χ1n) is 8.98. The predicted molar refractivity (Wildman–Crippen MR) is 96.5 cm³/mol. The third-order valence-electron chi connectivity index (χ3n) is 4.79. The second-order valence-electron chi connectivity index (χ2n) is 6.94. The number of urea groups is 1. The topological polar surface area (TPSA) is 80.3 Å². The van der Waals surface area contributed by atoms with Crippen LogP contribution in [-0.4, -0.2) is 48.4 Å². The van der Waals surface area contributed by atoms with Crippen molar-refractivity contribution in [3.63, 3.8) is 0 Å². The molecule has 3 aromatic heterocycles. The lowest BCUT2D eigenvalue weighted by Gasteiger charge is -2.32. The fourth-order valence-electron chi connectivity index (χ4n) is 3.51. The second-order valence-corrected chi connectivity index (χ2v) is 6.94. The molecule has 1 N–H and O–H groups in total. The Bertz CT molecular complexity index is 886. The highest BCUT2D eigenvalue weighted by Crippen LogP contribution is 2.18. The average molecular weight is 353 g/mol. The van der Waals surface area contributed by atoms with Crippen LogP contribution in [0.4, 0.5) is 4.79 Å². The summed E-state index contributed by atoms with van der Waals surface area (Å²) < 4.78 is 3.83. The van der Waals surface area contributed by atoms with Gasteiger partial charge in [-0.1, -0.05) is 11.3 Å². The van der Waals surface area contributed by atoms with Crippen LogP contribution in [0.2, 0.25) is 0 Å². The number of carbonyl (C=O) groups excluding carboxylic acids is 1. The number of rotatable bonds is 4. The number of pyridine rings is 1. The zero-order valence-corrected chi connectivity index (χ0v) is 14.9. The van der Waals surface area contributed by atoms with Crippen LogP contribution in [0, 0.1) is 12.8 Å². The minimum atomic E-state index is -0.0264. The van der Waals surface area contributed by atoms with Gasteiger partial charge in [0, 0.05) is 38.2 Å². The van der Waals surface area contributed by atoms with Gasteiger partial charge in [-0.25, -0.2) is 9.78 Å². The summed E-state index contributed by atoms with van der Waals surface area (Å²) >= 11 is 0. The quantitative estimate of drug-likeness (QED) is 0.776. The first-order chi connectivity index (χ1) is 12.7. The van der Waals surface area contributed by atoms with Crippen LogP contribution in [0.3, 0.4) is 0 Å². The number of aromatic nitrogens is 5. The van der Waals surface area contributed by atoms with Gasteiger partial charge in [0.2, 0.25) is 0 Å². The fraction of sp³-hybridized carbons (Fsp3) is 0.444. The molecule has 8 heteroatoms. The Morgan fingerprint density at radius 3 is 3.12 bits per heavy atom. The lowest BCUT2D eigenvalue weighted by Crippen LogP contribution is -2.46. The molecule has 0 aromatic carbocycles. The molecule has 3 aromatic rings. The van der Waals surface area contributed by atoms with E-state index in [1.807, 2.05) is 51.6 Å². The Labute approximate surface area is 151 Å². The Kier molecular flexibility index (Phi) is 4.55. The van der Waals surface area contributed by atoms with Gasteiger partial charge in [-0.15, -0.1) is 5.10 Å². The van der Waals surface area contributed by atoms with E-state index in [0.717, 1.165) is 43.8 Å². The van der Waals surface area contributed by atoms with Gasteiger partial charge in [-0.3, -0.25) is 4.68 Å². The third-order valence-corrected chi connectivity index (χ3v) is 4.79. The number of fused-ring (bicyclic) bond motifs is 1. The van der Waals surface area contributed by atoms with Gasteiger partial charge in [-0.05, 0) is 37.3 Å². The molecule has 0 spiro atoms. The van der Waals surface area contributed by atoms with Crippen LogP contribution >= 0.6 is 0 Å². The van der Waals surface area contributed by atoms with E-state index in [9.17, 15) is 4.79 Å². The molecule has 1 aliphatic heterocycles. The van der Waals surface area contributed by atoms with Crippen LogP contribution in [0.5, 0.6) is 0 Å². The summed E-state index contributed by atoms with van der Waals surface area (Å²) in [6.07, 6.45) is 9.67. The SMILES string of the molecule is Cc1ccc2nc(CNC(=O)N3CCCC(Cn4ccnn4)C3)cn2c1. The number of piperidine rings is 1. The summed E-state index contributed by atoms with van der Waals surface area (Å²) in [6.45, 7) is 4.83. The molecular formula is C18H23N7O. The number of amides is 2. The number of nitrogens with zero attached hydrogens (tertiary/aromatic N) is 6. The van der Waals surface area contributed by atoms with E-state index in [1.54, 1.807) is 6.20 Å². The molecule has 4 heterocycles. The first kappa shape index (κ1) is 16.6. The summed E-state index contributed by atoms with van der Waals surface area (Å²) in [5.74, 6) is 0.411. The Balaban J connectivity index is 1.33. The van der Waals surface area contributed by atoms with Gasteiger partial charge in [-0.2, -0.15) is 0 Å². The van der Waals surface area contributed by atoms with Crippen LogP contribution in [0.25, 0.3) is 5.65 Å². The molecule has 2 amide bonds. The molecule has 1 atom stereocenters. The summed E-state index contributed by atoms with van der Waals surface area (Å²) in [7, 11) is 0. The lowest BCUT2D eigenvalue weighted by molar-refractivity contribution is 0.157. The molecule has 0 bridgehead atoms. The predicted octanol–water partition coefficient (Wildman–Crippen LogP) is 1.86. The standard InChI is InChI=1S/C18H23N7O/c1-14-4-5-17-21-16(13-24(17)10-14)9-19-18(26)23-7-2-3-15(11-23)12-25-8-6-20-22-25/h4-6,8,10,13,15H,2-3,7,9,11-12H2,1H3,(H,19,26). The van der Waals surface area contributed by atoms with Crippen molar-refractivity contribution in [2.24, 2.45) is 5.92 Å². The molecule has 1 unspecified atom stereocenters. The van der Waals surface area contributed by atoms with E-state index >= 15 is 0 Å². The van der Waals surface area contributed by atoms with Gasteiger partial charge in [0.25, 0.3) is 0 Å². The van der Waals surface area contributed by atoms with Crippen molar-refractivity contribution in [3.8, 4) is 0 Å². The molecule has 26 heavy (non-hydrogen) atoms. The lowest BCUT2D eigenvalue weighted by atomic mass is 9.98. The van der Waals surface area contributed by atoms with E-state index in [2.05, 4.69) is 20.6 Å². The van der Waals surface area contributed by atoms with Crippen molar-refractivity contribution >= 4 is 11.7 Å². The molecule has 136 valence electrons. The Morgan fingerprint density at radius 2 is 2.27 bits per heavy atom. The van der Waals surface area contributed by atoms with Crippen molar-refractivity contribution < 1.29 is 4.79 Å². The smallest absolute Gasteiger partial charge is 0.317 e. The van der Waals surface area contributed by atoms with E-state index in [1.165, 1.54) is 5.56 Å². The maximum atomic E-state index is 12.5. The molecule has 4 rings (SSSR count). The normalized spacial score (nSPS) is 17.6. The zero-order chi connectivity index (χ0) is 17.9. The molecular weight excluding hydrogens is 330 g/mol. The van der Waals surface area contributed by atoms with Gasteiger partial charge >= 0.3 is 6.03 Å². The first-order valence-corrected chi connectivity index (χ1v) is 8.98. The molecule has 1 aliphatic rings. The van der Waals surface area contributed by atoms with Crippen molar-refractivity contribution in [3.05, 3.63) is 48.2 Å². The number of carbonyl (C=O) groups is 1. The number of imidazole rings is 1. The zero-order valence-electron chi connectivity index (χ0n) is 14.9. The van der Waals surface area contributed by atoms with Gasteiger partial charge in [0.15, 0.2) is 0 Å². The minimum Gasteiger partial charge on any atom is -0.332 e. The van der Waals surface area contributed by atoms with E-state index < -0.39 is 0 Å². The van der Waals surface area contributed by atoms with Gasteiger partial charge in [0.05, 0.1) is 18.4 Å². The van der Waals surface area contributed by atoms with Crippen LogP contribution < -0.4 is 5.32 Å². The fourth-order valence-corrected chi connectivity index (χ4v) is 3.51. The highest BCUT2D eigenvalue weighted by molar-refractivity contribution is 5.74. The second kappa shape index (κ2) is 7.15. The average Bonchev–Trinajstić information content (AvgIpc) is 3.28. The highest BCUT2D eigenvalue weighted by Gasteiger charge is 2.24. The molecule has 0 saturated carbocycles. The van der Waals surface area contributed by atoms with Crippen molar-refractivity contribution in [2.75, 3.05) is 13.1 Å². The number of aryl methyl sites for hydroxylation is 1. The monoisotopic (exact) mass is 353 g/mol. The van der Waals surface area contributed by atoms with Crippen molar-refractivity contribution in [2.45, 2.75) is 32.9 Å². The maximum Gasteiger partial charge on any atom is 0.317 e. The molecule has 8 nitrogen and oxygen atoms in total. The van der Waals surface area contributed by atoms with Crippen LogP contribution in [0.15, 0.2) is 36.9 Å². The number of hydrogen-bond acceptors (Lipinski definition) is 4. The Morgan fingerprint density at radius 1 is 1.35 bits per heavy atom. The van der Waals surface area contributed by atoms with E-state index in [0.29, 0.717) is 12.5 Å². The molecule has 0 radical (unpaired) electrons. The summed E-state index contributed by atoms with van der Waals surface area (Å²) in [5, 5.41) is 10.9. The maximum absolute atomic E-state index is 12.5. The number of hydrogen-bond donors (Lipinski definition) is 1. The van der Waals surface area contributed by atoms with Crippen LogP contribution in [-0.2, 0) is 13.1 Å². The summed E-state index contributed by atoms with van der Waals surface area (Å²) in [4.78, 5) is 19.0. The van der Waals surface area contributed by atoms with Gasteiger partial charge < -0.3 is 14.6 Å². The largest absolute Gasteiger partial charge is 0.332 e. The molecule has 0 aliphatic carbocycles. The summed E-state index contributed by atoms with van der Waals surface area (Å²) in [6, 6.07) is 4.00. The molecule has 1 saturated heterocycles. The number of nitrogens with one attached hydrogen (secondary N) is 1. The van der Waals surface area contributed by atoms with Crippen molar-refractivity contribution in [1.29, 1.82) is 0 Å². The van der Waals surface area contributed by atoms with E-state index in [4.69, 9.17) is 0 Å². The number of likely N-dealkylation sites (tertiary alicyclic amines) is 1. The summed E-state index contributed by atoms with van der Waals surface area (Å²) in [5.41, 5.74) is 2.93. The van der Waals surface area contributed by atoms with E-state index in [-0.39, 0.29) is 6.03 Å². The van der Waals surface area contributed by atoms with Crippen molar-refractivity contribution in [1.82, 2.24) is 34.6 Å². The molecule has 1 fully saturated rings.